The molecule has 78 valence electrons. The van der Waals surface area contributed by atoms with E-state index in [1.165, 1.54) is 34.5 Å². The molecule has 1 nitrogen and oxygen atoms in total. The first-order valence-corrected chi connectivity index (χ1v) is 7.62. The van der Waals surface area contributed by atoms with Gasteiger partial charge in [0.15, 0.2) is 0 Å². The summed E-state index contributed by atoms with van der Waals surface area (Å²) in [6.45, 7) is 2.19. The van der Waals surface area contributed by atoms with Crippen LogP contribution in [0.25, 0.3) is 0 Å². The molecule has 14 heavy (non-hydrogen) atoms. The Labute approximate surface area is 102 Å². The van der Waals surface area contributed by atoms with Crippen molar-refractivity contribution in [1.29, 1.82) is 0 Å². The van der Waals surface area contributed by atoms with Crippen molar-refractivity contribution in [2.45, 2.75) is 24.6 Å². The maximum Gasteiger partial charge on any atom is 0.0300 e. The van der Waals surface area contributed by atoms with Gasteiger partial charge in [0.2, 0.25) is 0 Å². The highest BCUT2D eigenvalue weighted by Crippen LogP contribution is 2.25. The Balaban J connectivity index is 1.67. The summed E-state index contributed by atoms with van der Waals surface area (Å²) in [6, 6.07) is 2.19. The Morgan fingerprint density at radius 1 is 1.57 bits per heavy atom. The number of rotatable bonds is 4. The normalized spacial score (nSPS) is 21.6. The third-order valence-electron chi connectivity index (χ3n) is 2.32. The summed E-state index contributed by atoms with van der Waals surface area (Å²) in [4.78, 5) is 1.42. The van der Waals surface area contributed by atoms with Crippen molar-refractivity contribution in [2.75, 3.05) is 12.3 Å². The van der Waals surface area contributed by atoms with E-state index < -0.39 is 0 Å². The molecule has 1 fully saturated rings. The van der Waals surface area contributed by atoms with E-state index in [4.69, 9.17) is 0 Å². The van der Waals surface area contributed by atoms with Crippen LogP contribution in [0.2, 0.25) is 0 Å². The third-order valence-corrected chi connectivity index (χ3v) is 5.41. The van der Waals surface area contributed by atoms with Crippen LogP contribution in [0.5, 0.6) is 0 Å². The van der Waals surface area contributed by atoms with Gasteiger partial charge in [-0.1, -0.05) is 0 Å². The molecule has 0 aliphatic carbocycles. The Morgan fingerprint density at radius 2 is 2.50 bits per heavy atom. The van der Waals surface area contributed by atoms with E-state index in [2.05, 4.69) is 44.5 Å². The quantitative estimate of drug-likeness (QED) is 0.911. The van der Waals surface area contributed by atoms with Crippen molar-refractivity contribution < 1.29 is 0 Å². The monoisotopic (exact) mass is 291 g/mol. The molecule has 1 saturated heterocycles. The zero-order chi connectivity index (χ0) is 9.80. The van der Waals surface area contributed by atoms with E-state index in [1.54, 1.807) is 0 Å². The van der Waals surface area contributed by atoms with Gasteiger partial charge in [0.1, 0.15) is 0 Å². The van der Waals surface area contributed by atoms with Gasteiger partial charge in [-0.05, 0) is 40.6 Å². The second-order valence-corrected chi connectivity index (χ2v) is 6.82. The van der Waals surface area contributed by atoms with Gasteiger partial charge in [-0.3, -0.25) is 0 Å². The molecule has 4 heteroatoms. The molecule has 0 saturated carbocycles. The molecule has 0 aromatic carbocycles. The lowest BCUT2D eigenvalue weighted by Gasteiger charge is -2.08. The first-order valence-electron chi connectivity index (χ1n) is 4.90. The Kier molecular flexibility index (Phi) is 4.35. The SMILES string of the molecule is Brc1csc(CNCC2CCCS2)c1. The Morgan fingerprint density at radius 3 is 3.14 bits per heavy atom. The van der Waals surface area contributed by atoms with Gasteiger partial charge in [0, 0.05) is 33.1 Å². The summed E-state index contributed by atoms with van der Waals surface area (Å²) < 4.78 is 1.20. The molecule has 1 aromatic heterocycles. The minimum atomic E-state index is 0.860. The van der Waals surface area contributed by atoms with E-state index in [1.807, 2.05) is 11.3 Å². The smallest absolute Gasteiger partial charge is 0.0300 e. The summed E-state index contributed by atoms with van der Waals surface area (Å²) >= 11 is 7.40. The lowest BCUT2D eigenvalue weighted by atomic mass is 10.2. The highest BCUT2D eigenvalue weighted by molar-refractivity contribution is 9.10. The zero-order valence-corrected chi connectivity index (χ0v) is 11.2. The van der Waals surface area contributed by atoms with Crippen LogP contribution in [0.3, 0.4) is 0 Å². The molecule has 2 heterocycles. The largest absolute Gasteiger partial charge is 0.311 e. The molecular weight excluding hydrogens is 278 g/mol. The summed E-state index contributed by atoms with van der Waals surface area (Å²) in [6.07, 6.45) is 2.80. The first-order chi connectivity index (χ1) is 6.84. The van der Waals surface area contributed by atoms with Gasteiger partial charge in [-0.15, -0.1) is 11.3 Å². The van der Waals surface area contributed by atoms with Gasteiger partial charge in [-0.25, -0.2) is 0 Å². The minimum absolute atomic E-state index is 0.860. The maximum absolute atomic E-state index is 3.53. The molecule has 1 aliphatic heterocycles. The highest BCUT2D eigenvalue weighted by atomic mass is 79.9. The average molecular weight is 292 g/mol. The summed E-state index contributed by atoms with van der Waals surface area (Å²) in [5, 5.41) is 6.53. The standard InChI is InChI=1S/C10H14BrNS2/c11-8-4-10(14-7-8)6-12-5-9-2-1-3-13-9/h4,7,9,12H,1-3,5-6H2. The highest BCUT2D eigenvalue weighted by Gasteiger charge is 2.14. The van der Waals surface area contributed by atoms with Gasteiger partial charge in [-0.2, -0.15) is 11.8 Å². The fraction of sp³-hybridized carbons (Fsp3) is 0.600. The maximum atomic E-state index is 3.53. The second kappa shape index (κ2) is 5.54. The average Bonchev–Trinajstić information content (AvgIpc) is 2.77. The van der Waals surface area contributed by atoms with Crippen LogP contribution < -0.4 is 5.32 Å². The van der Waals surface area contributed by atoms with Gasteiger partial charge in [0.05, 0.1) is 0 Å². The molecule has 1 aliphatic rings. The molecule has 0 amide bonds. The van der Waals surface area contributed by atoms with Crippen molar-refractivity contribution >= 4 is 39.0 Å². The zero-order valence-electron chi connectivity index (χ0n) is 7.96. The third kappa shape index (κ3) is 3.26. The van der Waals surface area contributed by atoms with Crippen LogP contribution in [0, 0.1) is 0 Å². The number of hydrogen-bond acceptors (Lipinski definition) is 3. The van der Waals surface area contributed by atoms with Crippen LogP contribution in [0.1, 0.15) is 17.7 Å². The lowest BCUT2D eigenvalue weighted by Crippen LogP contribution is -2.22. The number of halogens is 1. The molecule has 2 rings (SSSR count). The van der Waals surface area contributed by atoms with Crippen LogP contribution >= 0.6 is 39.0 Å². The van der Waals surface area contributed by atoms with Crippen molar-refractivity contribution in [3.8, 4) is 0 Å². The van der Waals surface area contributed by atoms with E-state index in [0.29, 0.717) is 0 Å². The Bertz CT molecular complexity index is 281. The van der Waals surface area contributed by atoms with Crippen molar-refractivity contribution in [3.05, 3.63) is 20.8 Å². The molecule has 1 N–H and O–H groups in total. The van der Waals surface area contributed by atoms with Crippen molar-refractivity contribution in [3.63, 3.8) is 0 Å². The van der Waals surface area contributed by atoms with Gasteiger partial charge >= 0.3 is 0 Å². The molecule has 0 spiro atoms. The van der Waals surface area contributed by atoms with E-state index in [9.17, 15) is 0 Å². The number of thioether (sulfide) groups is 1. The lowest BCUT2D eigenvalue weighted by molar-refractivity contribution is 0.650. The molecule has 0 bridgehead atoms. The summed E-state index contributed by atoms with van der Waals surface area (Å²) in [5.74, 6) is 1.36. The first kappa shape index (κ1) is 11.0. The molecule has 1 unspecified atom stereocenters. The number of thiophene rings is 1. The van der Waals surface area contributed by atoms with Crippen molar-refractivity contribution in [1.82, 2.24) is 5.32 Å². The fourth-order valence-electron chi connectivity index (χ4n) is 1.61. The minimum Gasteiger partial charge on any atom is -0.311 e. The van der Waals surface area contributed by atoms with Gasteiger partial charge < -0.3 is 5.32 Å². The van der Waals surface area contributed by atoms with Crippen LogP contribution in [-0.4, -0.2) is 17.5 Å². The number of nitrogens with one attached hydrogen (secondary N) is 1. The topological polar surface area (TPSA) is 12.0 Å². The van der Waals surface area contributed by atoms with E-state index >= 15 is 0 Å². The van der Waals surface area contributed by atoms with E-state index in [-0.39, 0.29) is 0 Å². The Hall–Kier alpha value is 0.490. The van der Waals surface area contributed by atoms with Crippen molar-refractivity contribution in [2.24, 2.45) is 0 Å². The van der Waals surface area contributed by atoms with Crippen LogP contribution in [-0.2, 0) is 6.54 Å². The molecule has 1 atom stereocenters. The van der Waals surface area contributed by atoms with Crippen LogP contribution in [0.15, 0.2) is 15.9 Å². The molecule has 1 aromatic rings. The van der Waals surface area contributed by atoms with Gasteiger partial charge in [0.25, 0.3) is 0 Å². The predicted octanol–water partition coefficient (Wildman–Crippen LogP) is 3.50. The predicted molar refractivity (Wildman–Crippen MR) is 69.2 cm³/mol. The summed E-state index contributed by atoms with van der Waals surface area (Å²) in [7, 11) is 0. The number of hydrogen-bond donors (Lipinski definition) is 1. The second-order valence-electron chi connectivity index (χ2n) is 3.50. The molecule has 0 radical (unpaired) electrons. The van der Waals surface area contributed by atoms with E-state index in [0.717, 1.165) is 11.8 Å². The van der Waals surface area contributed by atoms with Crippen LogP contribution in [0.4, 0.5) is 0 Å². The summed E-state index contributed by atoms with van der Waals surface area (Å²) in [5.41, 5.74) is 0. The molecular formula is C10H14BrNS2. The fourth-order valence-corrected chi connectivity index (χ4v) is 4.26.